The van der Waals surface area contributed by atoms with Crippen LogP contribution in [0.15, 0.2) is 22.7 Å². The summed E-state index contributed by atoms with van der Waals surface area (Å²) in [4.78, 5) is 0. The van der Waals surface area contributed by atoms with Crippen LogP contribution >= 0.6 is 15.9 Å². The number of halogens is 2. The molecule has 17 heavy (non-hydrogen) atoms. The van der Waals surface area contributed by atoms with Crippen molar-refractivity contribution in [1.29, 1.82) is 0 Å². The van der Waals surface area contributed by atoms with Crippen molar-refractivity contribution in [3.63, 3.8) is 0 Å². The fourth-order valence-electron chi connectivity index (χ4n) is 2.35. The Morgan fingerprint density at radius 1 is 1.35 bits per heavy atom. The van der Waals surface area contributed by atoms with Crippen LogP contribution in [0.1, 0.15) is 18.4 Å². The normalized spacial score (nSPS) is 19.2. The van der Waals surface area contributed by atoms with Gasteiger partial charge in [-0.05, 0) is 58.8 Å². The molecular weight excluding hydrogens is 285 g/mol. The van der Waals surface area contributed by atoms with Gasteiger partial charge in [0.15, 0.2) is 0 Å². The molecule has 1 fully saturated rings. The fraction of sp³-hybridized carbons (Fsp3) is 0.538. The molecule has 1 heterocycles. The summed E-state index contributed by atoms with van der Waals surface area (Å²) in [6.45, 7) is 2.13. The minimum Gasteiger partial charge on any atom is -0.381 e. The molecule has 0 amide bonds. The number of rotatable bonds is 3. The van der Waals surface area contributed by atoms with Gasteiger partial charge in [-0.25, -0.2) is 4.39 Å². The van der Waals surface area contributed by atoms with Gasteiger partial charge in [-0.2, -0.15) is 0 Å². The van der Waals surface area contributed by atoms with Crippen LogP contribution in [0.5, 0.6) is 0 Å². The van der Waals surface area contributed by atoms with Gasteiger partial charge in [-0.15, -0.1) is 0 Å². The standard InChI is InChI=1S/C13H17BrFNO/c14-12-10(2-1-3-11(12)15)8-13(9-16)4-6-17-7-5-13/h1-3H,4-9,16H2. The first-order chi connectivity index (χ1) is 8.17. The maximum absolute atomic E-state index is 13.5. The van der Waals surface area contributed by atoms with Gasteiger partial charge in [0.2, 0.25) is 0 Å². The van der Waals surface area contributed by atoms with Gasteiger partial charge < -0.3 is 10.5 Å². The number of hydrogen-bond donors (Lipinski definition) is 1. The fourth-order valence-corrected chi connectivity index (χ4v) is 2.75. The summed E-state index contributed by atoms with van der Waals surface area (Å²) < 4.78 is 19.4. The summed E-state index contributed by atoms with van der Waals surface area (Å²) >= 11 is 3.31. The van der Waals surface area contributed by atoms with Crippen molar-refractivity contribution in [2.45, 2.75) is 19.3 Å². The summed E-state index contributed by atoms with van der Waals surface area (Å²) in [5, 5.41) is 0. The largest absolute Gasteiger partial charge is 0.381 e. The Labute approximate surface area is 109 Å². The number of nitrogens with two attached hydrogens (primary N) is 1. The van der Waals surface area contributed by atoms with E-state index in [1.165, 1.54) is 6.07 Å². The zero-order valence-corrected chi connectivity index (χ0v) is 11.3. The predicted octanol–water partition coefficient (Wildman–Crippen LogP) is 2.89. The smallest absolute Gasteiger partial charge is 0.137 e. The van der Waals surface area contributed by atoms with Crippen LogP contribution in [-0.2, 0) is 11.2 Å². The molecule has 2 nitrogen and oxygen atoms in total. The van der Waals surface area contributed by atoms with E-state index in [4.69, 9.17) is 10.5 Å². The Hall–Kier alpha value is -0.450. The SMILES string of the molecule is NCC1(Cc2cccc(F)c2Br)CCOCC1. The lowest BCUT2D eigenvalue weighted by atomic mass is 9.75. The van der Waals surface area contributed by atoms with Crippen LogP contribution in [0, 0.1) is 11.2 Å². The lowest BCUT2D eigenvalue weighted by molar-refractivity contribution is 0.0190. The molecule has 1 aromatic carbocycles. The van der Waals surface area contributed by atoms with E-state index in [2.05, 4.69) is 15.9 Å². The zero-order chi connectivity index (χ0) is 12.3. The van der Waals surface area contributed by atoms with Crippen LogP contribution in [0.3, 0.4) is 0 Å². The van der Waals surface area contributed by atoms with Crippen LogP contribution < -0.4 is 5.73 Å². The minimum atomic E-state index is -0.207. The van der Waals surface area contributed by atoms with E-state index in [1.54, 1.807) is 6.07 Å². The lowest BCUT2D eigenvalue weighted by Crippen LogP contribution is -2.38. The summed E-state index contributed by atoms with van der Waals surface area (Å²) in [6.07, 6.45) is 2.71. The van der Waals surface area contributed by atoms with Crippen molar-refractivity contribution < 1.29 is 9.13 Å². The van der Waals surface area contributed by atoms with Crippen molar-refractivity contribution in [3.05, 3.63) is 34.1 Å². The minimum absolute atomic E-state index is 0.0641. The highest BCUT2D eigenvalue weighted by atomic mass is 79.9. The van der Waals surface area contributed by atoms with Crippen molar-refractivity contribution in [2.24, 2.45) is 11.1 Å². The van der Waals surface area contributed by atoms with E-state index >= 15 is 0 Å². The van der Waals surface area contributed by atoms with E-state index in [-0.39, 0.29) is 11.2 Å². The molecule has 0 atom stereocenters. The number of hydrogen-bond acceptors (Lipinski definition) is 2. The second-order valence-electron chi connectivity index (χ2n) is 4.71. The highest BCUT2D eigenvalue weighted by Gasteiger charge is 2.32. The molecule has 0 unspecified atom stereocenters. The predicted molar refractivity (Wildman–Crippen MR) is 69.3 cm³/mol. The second-order valence-corrected chi connectivity index (χ2v) is 5.50. The Kier molecular flexibility index (Phi) is 4.17. The van der Waals surface area contributed by atoms with Gasteiger partial charge in [0, 0.05) is 13.2 Å². The van der Waals surface area contributed by atoms with Gasteiger partial charge in [-0.1, -0.05) is 12.1 Å². The molecule has 1 saturated heterocycles. The molecule has 0 aliphatic carbocycles. The molecule has 1 aliphatic rings. The monoisotopic (exact) mass is 301 g/mol. The highest BCUT2D eigenvalue weighted by molar-refractivity contribution is 9.10. The average Bonchev–Trinajstić information content (AvgIpc) is 2.36. The zero-order valence-electron chi connectivity index (χ0n) is 9.72. The molecular formula is C13H17BrFNO. The molecule has 2 N–H and O–H groups in total. The van der Waals surface area contributed by atoms with Gasteiger partial charge in [0.1, 0.15) is 5.82 Å². The first-order valence-corrected chi connectivity index (χ1v) is 6.67. The summed E-state index contributed by atoms with van der Waals surface area (Å²) in [5.74, 6) is -0.207. The third-order valence-corrected chi connectivity index (χ3v) is 4.47. The third kappa shape index (κ3) is 2.87. The van der Waals surface area contributed by atoms with E-state index in [0.29, 0.717) is 11.0 Å². The van der Waals surface area contributed by atoms with Crippen molar-refractivity contribution in [2.75, 3.05) is 19.8 Å². The third-order valence-electron chi connectivity index (χ3n) is 3.58. The van der Waals surface area contributed by atoms with Crippen molar-refractivity contribution >= 4 is 15.9 Å². The number of benzene rings is 1. The molecule has 1 aliphatic heterocycles. The highest BCUT2D eigenvalue weighted by Crippen LogP contribution is 2.35. The number of ether oxygens (including phenoxy) is 1. The first-order valence-electron chi connectivity index (χ1n) is 5.88. The molecule has 0 saturated carbocycles. The Morgan fingerprint density at radius 3 is 2.71 bits per heavy atom. The Balaban J connectivity index is 2.20. The molecule has 94 valence electrons. The maximum atomic E-state index is 13.5. The van der Waals surface area contributed by atoms with Crippen LogP contribution in [-0.4, -0.2) is 19.8 Å². The van der Waals surface area contributed by atoms with Gasteiger partial charge >= 0.3 is 0 Å². The molecule has 4 heteroatoms. The topological polar surface area (TPSA) is 35.2 Å². The quantitative estimate of drug-likeness (QED) is 0.932. The molecule has 0 spiro atoms. The lowest BCUT2D eigenvalue weighted by Gasteiger charge is -2.36. The molecule has 2 rings (SSSR count). The van der Waals surface area contributed by atoms with E-state index in [0.717, 1.165) is 38.0 Å². The van der Waals surface area contributed by atoms with E-state index in [9.17, 15) is 4.39 Å². The summed E-state index contributed by atoms with van der Waals surface area (Å²) in [6, 6.07) is 5.17. The van der Waals surface area contributed by atoms with Gasteiger partial charge in [0.25, 0.3) is 0 Å². The Bertz CT molecular complexity index is 391. The average molecular weight is 302 g/mol. The van der Waals surface area contributed by atoms with Crippen molar-refractivity contribution in [1.82, 2.24) is 0 Å². The molecule has 0 bridgehead atoms. The summed E-state index contributed by atoms with van der Waals surface area (Å²) in [5.41, 5.74) is 6.97. The van der Waals surface area contributed by atoms with E-state index < -0.39 is 0 Å². The second kappa shape index (κ2) is 5.46. The van der Waals surface area contributed by atoms with Gasteiger partial charge in [0.05, 0.1) is 4.47 Å². The van der Waals surface area contributed by atoms with Crippen molar-refractivity contribution in [3.8, 4) is 0 Å². The van der Waals surface area contributed by atoms with E-state index in [1.807, 2.05) is 6.07 Å². The van der Waals surface area contributed by atoms with Crippen LogP contribution in [0.25, 0.3) is 0 Å². The summed E-state index contributed by atoms with van der Waals surface area (Å²) in [7, 11) is 0. The molecule has 0 radical (unpaired) electrons. The molecule has 1 aromatic rings. The first kappa shape index (κ1) is 13.0. The maximum Gasteiger partial charge on any atom is 0.137 e. The Morgan fingerprint density at radius 2 is 2.06 bits per heavy atom. The van der Waals surface area contributed by atoms with Crippen LogP contribution in [0.4, 0.5) is 4.39 Å². The van der Waals surface area contributed by atoms with Crippen LogP contribution in [0.2, 0.25) is 0 Å². The molecule has 0 aromatic heterocycles. The van der Waals surface area contributed by atoms with Gasteiger partial charge in [-0.3, -0.25) is 0 Å².